The number of hydrogen-bond acceptors (Lipinski definition) is 1. The number of para-hydroxylation sites is 2. The third kappa shape index (κ3) is 4.57. The van der Waals surface area contributed by atoms with Crippen molar-refractivity contribution in [1.29, 1.82) is 0 Å². The number of benzene rings is 8. The van der Waals surface area contributed by atoms with Crippen molar-refractivity contribution in [3.63, 3.8) is 0 Å². The zero-order valence-electron chi connectivity index (χ0n) is 28.0. The van der Waals surface area contributed by atoms with Crippen LogP contribution in [0, 0.1) is 0 Å². The van der Waals surface area contributed by atoms with Crippen LogP contribution in [0.5, 0.6) is 0 Å². The molecule has 1 aliphatic carbocycles. The Bertz CT molecular complexity index is 2650. The van der Waals surface area contributed by atoms with Crippen molar-refractivity contribution in [2.24, 2.45) is 0 Å². The van der Waals surface area contributed by atoms with Gasteiger partial charge in [0.05, 0.1) is 10.9 Å². The second-order valence-electron chi connectivity index (χ2n) is 13.4. The van der Waals surface area contributed by atoms with Crippen LogP contribution in [0.2, 0.25) is 0 Å². The van der Waals surface area contributed by atoms with Crippen LogP contribution in [0.15, 0.2) is 206 Å². The summed E-state index contributed by atoms with van der Waals surface area (Å²) in [7, 11) is 0. The maximum Gasteiger partial charge on any atom is 0.0715 e. The molecule has 0 spiro atoms. The van der Waals surface area contributed by atoms with Crippen LogP contribution in [-0.4, -0.2) is 4.57 Å². The van der Waals surface area contributed by atoms with E-state index in [0.717, 1.165) is 22.7 Å². The highest BCUT2D eigenvalue weighted by molar-refractivity contribution is 5.93. The van der Waals surface area contributed by atoms with Crippen molar-refractivity contribution in [2.75, 3.05) is 4.90 Å². The summed E-state index contributed by atoms with van der Waals surface area (Å²) < 4.78 is 2.32. The van der Waals surface area contributed by atoms with Gasteiger partial charge in [-0.15, -0.1) is 0 Å². The lowest BCUT2D eigenvalue weighted by atomic mass is 9.67. The topological polar surface area (TPSA) is 8.17 Å². The third-order valence-corrected chi connectivity index (χ3v) is 10.7. The van der Waals surface area contributed by atoms with Crippen molar-refractivity contribution in [2.45, 2.75) is 5.41 Å². The lowest BCUT2D eigenvalue weighted by Gasteiger charge is -2.35. The van der Waals surface area contributed by atoms with Crippen molar-refractivity contribution in [3.05, 3.63) is 229 Å². The van der Waals surface area contributed by atoms with Gasteiger partial charge in [0.1, 0.15) is 0 Å². The first-order valence-electron chi connectivity index (χ1n) is 17.6. The Balaban J connectivity index is 1.26. The van der Waals surface area contributed by atoms with Crippen molar-refractivity contribution >= 4 is 38.7 Å². The molecule has 0 unspecified atom stereocenters. The zero-order valence-corrected chi connectivity index (χ0v) is 28.0. The Morgan fingerprint density at radius 1 is 0.373 bits per heavy atom. The standard InChI is InChI=1S/C49H34N2/c1-4-17-38(18-5-1)49(39-19-6-2-7-20-39)46-33-41(50-31-30-36-15-12-13-23-48(36)50)26-28-44(46)45-29-27-43(34-47(45)49)51(40-21-8-3-9-22-40)42-25-24-35-14-10-11-16-37(35)32-42/h1-34H. The normalized spacial score (nSPS) is 12.9. The average molecular weight is 651 g/mol. The first-order valence-corrected chi connectivity index (χ1v) is 17.6. The lowest BCUT2D eigenvalue weighted by Crippen LogP contribution is -2.29. The Labute approximate surface area is 298 Å². The number of anilines is 3. The van der Waals surface area contributed by atoms with Crippen LogP contribution in [0.3, 0.4) is 0 Å². The number of hydrogen-bond donors (Lipinski definition) is 0. The second-order valence-corrected chi connectivity index (χ2v) is 13.4. The molecule has 9 aromatic rings. The number of aromatic nitrogens is 1. The molecular weight excluding hydrogens is 617 g/mol. The van der Waals surface area contributed by atoms with E-state index in [1.165, 1.54) is 55.1 Å². The first-order chi connectivity index (χ1) is 25.3. The van der Waals surface area contributed by atoms with E-state index in [0.29, 0.717) is 0 Å². The summed E-state index contributed by atoms with van der Waals surface area (Å²) in [6, 6.07) is 73.2. The maximum absolute atomic E-state index is 2.45. The average Bonchev–Trinajstić information content (AvgIpc) is 3.76. The molecule has 8 aromatic carbocycles. The van der Waals surface area contributed by atoms with Crippen LogP contribution < -0.4 is 4.90 Å². The molecule has 51 heavy (non-hydrogen) atoms. The van der Waals surface area contributed by atoms with Gasteiger partial charge in [0.2, 0.25) is 0 Å². The van der Waals surface area contributed by atoms with E-state index in [-0.39, 0.29) is 0 Å². The number of rotatable bonds is 6. The highest BCUT2D eigenvalue weighted by atomic mass is 15.1. The fourth-order valence-corrected chi connectivity index (χ4v) is 8.40. The minimum atomic E-state index is -0.548. The van der Waals surface area contributed by atoms with Gasteiger partial charge in [0.15, 0.2) is 0 Å². The summed E-state index contributed by atoms with van der Waals surface area (Å²) in [6.45, 7) is 0. The summed E-state index contributed by atoms with van der Waals surface area (Å²) >= 11 is 0. The van der Waals surface area contributed by atoms with Crippen LogP contribution in [-0.2, 0) is 5.41 Å². The van der Waals surface area contributed by atoms with Gasteiger partial charge >= 0.3 is 0 Å². The molecular formula is C49H34N2. The molecule has 0 saturated carbocycles. The molecule has 10 rings (SSSR count). The predicted molar refractivity (Wildman–Crippen MR) is 213 cm³/mol. The molecule has 1 heterocycles. The molecule has 0 fully saturated rings. The van der Waals surface area contributed by atoms with Crippen molar-refractivity contribution in [1.82, 2.24) is 4.57 Å². The lowest BCUT2D eigenvalue weighted by molar-refractivity contribution is 0.767. The summed E-state index contributed by atoms with van der Waals surface area (Å²) in [5.41, 5.74) is 12.8. The van der Waals surface area contributed by atoms with Crippen LogP contribution >= 0.6 is 0 Å². The molecule has 1 aliphatic rings. The summed E-state index contributed by atoms with van der Waals surface area (Å²) in [5.74, 6) is 0. The van der Waals surface area contributed by atoms with Crippen LogP contribution in [0.1, 0.15) is 22.3 Å². The van der Waals surface area contributed by atoms with E-state index < -0.39 is 5.41 Å². The third-order valence-electron chi connectivity index (χ3n) is 10.7. The van der Waals surface area contributed by atoms with E-state index in [1.54, 1.807) is 0 Å². The highest BCUT2D eigenvalue weighted by Crippen LogP contribution is 2.57. The summed E-state index contributed by atoms with van der Waals surface area (Å²) in [6.07, 6.45) is 2.20. The minimum absolute atomic E-state index is 0.548. The fraction of sp³-hybridized carbons (Fsp3) is 0.0204. The molecule has 0 bridgehead atoms. The van der Waals surface area contributed by atoms with Crippen LogP contribution in [0.4, 0.5) is 17.1 Å². The molecule has 0 aliphatic heterocycles. The van der Waals surface area contributed by atoms with Gasteiger partial charge in [-0.25, -0.2) is 0 Å². The van der Waals surface area contributed by atoms with Crippen molar-refractivity contribution < 1.29 is 0 Å². The Morgan fingerprint density at radius 2 is 0.922 bits per heavy atom. The predicted octanol–water partition coefficient (Wildman–Crippen LogP) is 12.6. The van der Waals surface area contributed by atoms with Gasteiger partial charge in [0.25, 0.3) is 0 Å². The van der Waals surface area contributed by atoms with Gasteiger partial charge in [-0.1, -0.05) is 140 Å². The van der Waals surface area contributed by atoms with Gasteiger partial charge in [-0.2, -0.15) is 0 Å². The molecule has 0 radical (unpaired) electrons. The highest BCUT2D eigenvalue weighted by Gasteiger charge is 2.46. The monoisotopic (exact) mass is 650 g/mol. The van der Waals surface area contributed by atoms with E-state index in [9.17, 15) is 0 Å². The fourth-order valence-electron chi connectivity index (χ4n) is 8.40. The minimum Gasteiger partial charge on any atom is -0.317 e. The van der Waals surface area contributed by atoms with Gasteiger partial charge in [0, 0.05) is 28.9 Å². The molecule has 240 valence electrons. The number of fused-ring (bicyclic) bond motifs is 5. The molecule has 0 saturated heterocycles. The largest absolute Gasteiger partial charge is 0.317 e. The van der Waals surface area contributed by atoms with E-state index in [4.69, 9.17) is 0 Å². The number of nitrogens with zero attached hydrogens (tertiary/aromatic N) is 2. The van der Waals surface area contributed by atoms with Gasteiger partial charge < -0.3 is 9.47 Å². The van der Waals surface area contributed by atoms with Gasteiger partial charge in [-0.3, -0.25) is 0 Å². The van der Waals surface area contributed by atoms with E-state index in [2.05, 4.69) is 216 Å². The quantitative estimate of drug-likeness (QED) is 0.174. The molecule has 2 nitrogen and oxygen atoms in total. The molecule has 0 amide bonds. The molecule has 0 atom stereocenters. The second kappa shape index (κ2) is 11.8. The Kier molecular flexibility index (Phi) is 6.75. The summed E-state index contributed by atoms with van der Waals surface area (Å²) in [4.78, 5) is 2.40. The maximum atomic E-state index is 2.45. The first kappa shape index (κ1) is 29.3. The summed E-state index contributed by atoms with van der Waals surface area (Å²) in [5, 5.41) is 3.69. The molecule has 2 heteroatoms. The van der Waals surface area contributed by atoms with Crippen molar-refractivity contribution in [3.8, 4) is 16.8 Å². The Hall–Kier alpha value is -6.64. The zero-order chi connectivity index (χ0) is 33.8. The smallest absolute Gasteiger partial charge is 0.0715 e. The van der Waals surface area contributed by atoms with E-state index in [1.807, 2.05) is 0 Å². The van der Waals surface area contributed by atoms with Gasteiger partial charge in [-0.05, 0) is 110 Å². The molecule has 0 N–H and O–H groups in total. The SMILES string of the molecule is c1ccc(N(c2ccc3c(c2)C(c2ccccc2)(c2ccccc2)c2cc(-n4ccc5ccccc54)ccc2-3)c2ccc3ccccc3c2)cc1. The van der Waals surface area contributed by atoms with E-state index >= 15 is 0 Å². The van der Waals surface area contributed by atoms with Crippen LogP contribution in [0.25, 0.3) is 38.5 Å². The Morgan fingerprint density at radius 3 is 1.65 bits per heavy atom. The molecule has 1 aromatic heterocycles.